The molecule has 8 heteroatoms. The van der Waals surface area contributed by atoms with Crippen molar-refractivity contribution in [1.82, 2.24) is 0 Å². The number of benzene rings is 1. The van der Waals surface area contributed by atoms with E-state index in [1.807, 2.05) is 0 Å². The molecular formula is C15H18N2O6. The lowest BCUT2D eigenvalue weighted by Crippen LogP contribution is -2.38. The number of hydrogen-bond acceptors (Lipinski definition) is 6. The summed E-state index contributed by atoms with van der Waals surface area (Å²) in [7, 11) is 0. The quantitative estimate of drug-likeness (QED) is 0.503. The number of carbonyl (C=O) groups is 2. The topological polar surface area (TPSA) is 108 Å². The van der Waals surface area contributed by atoms with Crippen LogP contribution in [-0.4, -0.2) is 36.6 Å². The maximum Gasteiger partial charge on any atom is 0.319 e. The van der Waals surface area contributed by atoms with Gasteiger partial charge in [-0.3, -0.25) is 19.7 Å². The number of hydrogen-bond donors (Lipinski definition) is 1. The zero-order chi connectivity index (χ0) is 17.0. The van der Waals surface area contributed by atoms with E-state index in [0.717, 1.165) is 0 Å². The van der Waals surface area contributed by atoms with E-state index >= 15 is 0 Å². The largest absolute Gasteiger partial charge is 0.465 e. The highest BCUT2D eigenvalue weighted by atomic mass is 16.6. The first kappa shape index (κ1) is 16.9. The van der Waals surface area contributed by atoms with Gasteiger partial charge in [-0.05, 0) is 25.0 Å². The number of ether oxygens (including phenoxy) is 2. The van der Waals surface area contributed by atoms with Crippen LogP contribution in [0.15, 0.2) is 18.2 Å². The Labute approximate surface area is 132 Å². The van der Waals surface area contributed by atoms with Crippen molar-refractivity contribution in [2.24, 2.45) is 0 Å². The molecule has 1 aliphatic rings. The third-order valence-corrected chi connectivity index (χ3v) is 3.75. The van der Waals surface area contributed by atoms with Crippen LogP contribution in [0.1, 0.15) is 25.8 Å². The van der Waals surface area contributed by atoms with Gasteiger partial charge in [0.05, 0.1) is 18.1 Å². The fourth-order valence-corrected chi connectivity index (χ4v) is 2.62. The van der Waals surface area contributed by atoms with E-state index in [0.29, 0.717) is 18.6 Å². The minimum Gasteiger partial charge on any atom is -0.465 e. The van der Waals surface area contributed by atoms with Gasteiger partial charge >= 0.3 is 5.97 Å². The molecular weight excluding hydrogens is 304 g/mol. The number of nitro groups is 1. The van der Waals surface area contributed by atoms with Crippen LogP contribution in [0.5, 0.6) is 0 Å². The Balaban J connectivity index is 2.48. The monoisotopic (exact) mass is 322 g/mol. The maximum atomic E-state index is 12.4. The number of carbonyl (C=O) groups excluding carboxylic acids is 2. The maximum absolute atomic E-state index is 12.4. The van der Waals surface area contributed by atoms with Gasteiger partial charge < -0.3 is 14.8 Å². The molecule has 23 heavy (non-hydrogen) atoms. The Morgan fingerprint density at radius 3 is 2.74 bits per heavy atom. The molecule has 2 rings (SSSR count). The molecule has 0 radical (unpaired) electrons. The molecule has 0 spiro atoms. The standard InChI is InChI=1S/C15H18N2O6/c1-3-23-14(19)15(6-7-22-9-15)11-4-5-12(16-10(2)18)13(8-11)17(20)21/h4-5,8H,3,6-7,9H2,1-2H3,(H,16,18). The highest BCUT2D eigenvalue weighted by Gasteiger charge is 2.46. The fourth-order valence-electron chi connectivity index (χ4n) is 2.62. The highest BCUT2D eigenvalue weighted by Crippen LogP contribution is 2.38. The average Bonchev–Trinajstić information content (AvgIpc) is 2.98. The molecule has 1 aromatic rings. The first-order valence-corrected chi connectivity index (χ1v) is 7.22. The molecule has 1 atom stereocenters. The number of nitrogens with zero attached hydrogens (tertiary/aromatic N) is 1. The highest BCUT2D eigenvalue weighted by molar-refractivity contribution is 5.92. The predicted molar refractivity (Wildman–Crippen MR) is 81.1 cm³/mol. The number of anilines is 1. The molecule has 0 aliphatic carbocycles. The summed E-state index contributed by atoms with van der Waals surface area (Å²) in [5, 5.41) is 13.7. The van der Waals surface area contributed by atoms with Crippen LogP contribution < -0.4 is 5.32 Å². The van der Waals surface area contributed by atoms with Gasteiger partial charge in [0.2, 0.25) is 5.91 Å². The van der Waals surface area contributed by atoms with Gasteiger partial charge in [-0.1, -0.05) is 6.07 Å². The number of esters is 1. The average molecular weight is 322 g/mol. The summed E-state index contributed by atoms with van der Waals surface area (Å²) < 4.78 is 10.5. The number of nitrogens with one attached hydrogen (secondary N) is 1. The van der Waals surface area contributed by atoms with Crippen LogP contribution in [0.2, 0.25) is 0 Å². The van der Waals surface area contributed by atoms with Crippen molar-refractivity contribution in [3.63, 3.8) is 0 Å². The fraction of sp³-hybridized carbons (Fsp3) is 0.467. The lowest BCUT2D eigenvalue weighted by atomic mass is 9.79. The molecule has 1 aliphatic heterocycles. The summed E-state index contributed by atoms with van der Waals surface area (Å²) in [6, 6.07) is 4.31. The second kappa shape index (κ2) is 6.74. The van der Waals surface area contributed by atoms with Crippen molar-refractivity contribution in [2.75, 3.05) is 25.1 Å². The summed E-state index contributed by atoms with van der Waals surface area (Å²) in [4.78, 5) is 34.2. The molecule has 0 saturated carbocycles. The Bertz CT molecular complexity index is 637. The summed E-state index contributed by atoms with van der Waals surface area (Å²) in [5.74, 6) is -0.871. The summed E-state index contributed by atoms with van der Waals surface area (Å²) >= 11 is 0. The Morgan fingerprint density at radius 1 is 1.48 bits per heavy atom. The molecule has 124 valence electrons. The van der Waals surface area contributed by atoms with Gasteiger partial charge in [-0.2, -0.15) is 0 Å². The van der Waals surface area contributed by atoms with Gasteiger partial charge in [0.25, 0.3) is 5.69 Å². The minimum atomic E-state index is -1.05. The number of rotatable bonds is 5. The molecule has 1 fully saturated rings. The molecule has 8 nitrogen and oxygen atoms in total. The first-order chi connectivity index (χ1) is 10.9. The molecule has 1 aromatic carbocycles. The van der Waals surface area contributed by atoms with Gasteiger partial charge in [-0.25, -0.2) is 0 Å². The van der Waals surface area contributed by atoms with Crippen LogP contribution in [0.25, 0.3) is 0 Å². The van der Waals surface area contributed by atoms with Crippen molar-refractivity contribution in [3.8, 4) is 0 Å². The van der Waals surface area contributed by atoms with Crippen LogP contribution in [0, 0.1) is 10.1 Å². The molecule has 0 aromatic heterocycles. The lowest BCUT2D eigenvalue weighted by Gasteiger charge is -2.25. The number of amides is 1. The van der Waals surface area contributed by atoms with Gasteiger partial charge in [-0.15, -0.1) is 0 Å². The predicted octanol–water partition coefficient (Wildman–Crippen LogP) is 1.77. The van der Waals surface area contributed by atoms with E-state index in [2.05, 4.69) is 5.32 Å². The van der Waals surface area contributed by atoms with Crippen LogP contribution in [0.4, 0.5) is 11.4 Å². The Morgan fingerprint density at radius 2 is 2.22 bits per heavy atom. The molecule has 1 saturated heterocycles. The zero-order valence-corrected chi connectivity index (χ0v) is 13.0. The van der Waals surface area contributed by atoms with E-state index < -0.39 is 22.2 Å². The van der Waals surface area contributed by atoms with Crippen molar-refractivity contribution in [2.45, 2.75) is 25.7 Å². The van der Waals surface area contributed by atoms with Crippen LogP contribution >= 0.6 is 0 Å². The minimum absolute atomic E-state index is 0.0872. The van der Waals surface area contributed by atoms with Crippen LogP contribution in [0.3, 0.4) is 0 Å². The van der Waals surface area contributed by atoms with E-state index in [-0.39, 0.29) is 24.6 Å². The van der Waals surface area contributed by atoms with E-state index in [9.17, 15) is 19.7 Å². The van der Waals surface area contributed by atoms with Crippen molar-refractivity contribution in [3.05, 3.63) is 33.9 Å². The first-order valence-electron chi connectivity index (χ1n) is 7.22. The van der Waals surface area contributed by atoms with Gasteiger partial charge in [0, 0.05) is 19.6 Å². The summed E-state index contributed by atoms with van der Waals surface area (Å²) in [6.07, 6.45) is 0.391. The second-order valence-corrected chi connectivity index (χ2v) is 5.28. The SMILES string of the molecule is CCOC(=O)C1(c2ccc(NC(C)=O)c([N+](=O)[O-])c2)CCOC1. The van der Waals surface area contributed by atoms with Crippen molar-refractivity contribution in [1.29, 1.82) is 0 Å². The normalized spacial score (nSPS) is 20.1. The van der Waals surface area contributed by atoms with E-state index in [1.165, 1.54) is 19.1 Å². The second-order valence-electron chi connectivity index (χ2n) is 5.28. The van der Waals surface area contributed by atoms with Gasteiger partial charge in [0.15, 0.2) is 0 Å². The smallest absolute Gasteiger partial charge is 0.319 e. The number of nitro benzene ring substituents is 1. The van der Waals surface area contributed by atoms with E-state index in [1.54, 1.807) is 13.0 Å². The third kappa shape index (κ3) is 3.31. The Hall–Kier alpha value is -2.48. The van der Waals surface area contributed by atoms with Crippen molar-refractivity contribution >= 4 is 23.3 Å². The molecule has 1 N–H and O–H groups in total. The summed E-state index contributed by atoms with van der Waals surface area (Å²) in [5.41, 5.74) is -0.776. The molecule has 0 bridgehead atoms. The van der Waals surface area contributed by atoms with Gasteiger partial charge in [0.1, 0.15) is 11.1 Å². The Kier molecular flexibility index (Phi) is 4.95. The molecule has 1 heterocycles. The van der Waals surface area contributed by atoms with Crippen molar-refractivity contribution < 1.29 is 24.0 Å². The zero-order valence-electron chi connectivity index (χ0n) is 13.0. The third-order valence-electron chi connectivity index (χ3n) is 3.75. The molecule has 1 unspecified atom stereocenters. The lowest BCUT2D eigenvalue weighted by molar-refractivity contribution is -0.384. The van der Waals surface area contributed by atoms with E-state index in [4.69, 9.17) is 9.47 Å². The summed E-state index contributed by atoms with van der Waals surface area (Å²) in [6.45, 7) is 3.67. The molecule has 1 amide bonds. The van der Waals surface area contributed by atoms with Crippen LogP contribution in [-0.2, 0) is 24.5 Å².